The fourth-order valence-electron chi connectivity index (χ4n) is 3.46. The lowest BCUT2D eigenvalue weighted by molar-refractivity contribution is -0.384. The molecule has 0 amide bonds. The molecule has 0 bridgehead atoms. The number of benzene rings is 2. The number of rotatable bonds is 8. The minimum Gasteiger partial charge on any atom is -0.372 e. The molecule has 0 saturated carbocycles. The molecule has 0 N–H and O–H groups in total. The zero-order chi connectivity index (χ0) is 23.9. The van der Waals surface area contributed by atoms with E-state index in [4.69, 9.17) is 10.1 Å². The lowest BCUT2D eigenvalue weighted by Crippen LogP contribution is -2.21. The first kappa shape index (κ1) is 23.1. The summed E-state index contributed by atoms with van der Waals surface area (Å²) in [5.41, 5.74) is 4.48. The molecule has 172 valence electrons. The fourth-order valence-corrected chi connectivity index (χ4v) is 4.31. The summed E-state index contributed by atoms with van der Waals surface area (Å²) < 4.78 is 1.75. The average Bonchev–Trinajstić information content (AvgIpc) is 3.27. The van der Waals surface area contributed by atoms with Gasteiger partial charge in [-0.3, -0.25) is 15.1 Å². The van der Waals surface area contributed by atoms with Gasteiger partial charge in [-0.1, -0.05) is 12.1 Å². The van der Waals surface area contributed by atoms with E-state index in [2.05, 4.69) is 35.9 Å². The van der Waals surface area contributed by atoms with Crippen molar-refractivity contribution in [2.24, 2.45) is 10.1 Å². The van der Waals surface area contributed by atoms with Crippen LogP contribution in [0.15, 0.2) is 88.5 Å². The highest BCUT2D eigenvalue weighted by atomic mass is 32.1. The van der Waals surface area contributed by atoms with Crippen molar-refractivity contribution in [2.45, 2.75) is 13.8 Å². The van der Waals surface area contributed by atoms with Gasteiger partial charge < -0.3 is 4.90 Å². The van der Waals surface area contributed by atoms with Crippen molar-refractivity contribution in [1.29, 1.82) is 0 Å². The van der Waals surface area contributed by atoms with Crippen molar-refractivity contribution in [3.05, 3.63) is 98.9 Å². The molecule has 0 aliphatic rings. The summed E-state index contributed by atoms with van der Waals surface area (Å²) >= 11 is 1.44. The van der Waals surface area contributed by atoms with E-state index in [1.807, 2.05) is 29.6 Å². The Morgan fingerprint density at radius 3 is 2.44 bits per heavy atom. The molecule has 4 aromatic rings. The van der Waals surface area contributed by atoms with E-state index >= 15 is 0 Å². The van der Waals surface area contributed by atoms with Gasteiger partial charge in [-0.2, -0.15) is 5.10 Å². The maximum atomic E-state index is 11.0. The number of hydrogen-bond acceptors (Lipinski definition) is 7. The van der Waals surface area contributed by atoms with Gasteiger partial charge in [-0.15, -0.1) is 11.3 Å². The smallest absolute Gasteiger partial charge is 0.269 e. The number of pyridine rings is 1. The molecule has 2 aromatic carbocycles. The number of anilines is 1. The van der Waals surface area contributed by atoms with Gasteiger partial charge in [0.05, 0.1) is 28.7 Å². The number of nitrogens with zero attached hydrogens (tertiary/aromatic N) is 6. The molecule has 0 fully saturated rings. The first-order chi connectivity index (χ1) is 16.6. The van der Waals surface area contributed by atoms with Crippen LogP contribution < -0.4 is 9.70 Å². The van der Waals surface area contributed by atoms with Gasteiger partial charge >= 0.3 is 0 Å². The van der Waals surface area contributed by atoms with Crippen molar-refractivity contribution in [3.63, 3.8) is 0 Å². The molecule has 0 spiro atoms. The van der Waals surface area contributed by atoms with Gasteiger partial charge in [-0.25, -0.2) is 9.67 Å². The number of nitro benzene ring substituents is 1. The molecule has 0 radical (unpaired) electrons. The summed E-state index contributed by atoms with van der Waals surface area (Å²) in [6.07, 6.45) is 5.17. The van der Waals surface area contributed by atoms with Crippen LogP contribution in [0.2, 0.25) is 0 Å². The van der Waals surface area contributed by atoms with Crippen LogP contribution in [0.3, 0.4) is 0 Å². The second-order valence-electron chi connectivity index (χ2n) is 7.35. The van der Waals surface area contributed by atoms with Crippen molar-refractivity contribution < 1.29 is 4.92 Å². The number of aromatic nitrogens is 2. The highest BCUT2D eigenvalue weighted by molar-refractivity contribution is 7.07. The van der Waals surface area contributed by atoms with Crippen molar-refractivity contribution in [1.82, 2.24) is 9.66 Å². The zero-order valence-corrected chi connectivity index (χ0v) is 19.7. The maximum Gasteiger partial charge on any atom is 0.269 e. The van der Waals surface area contributed by atoms with Crippen LogP contribution >= 0.6 is 11.3 Å². The summed E-state index contributed by atoms with van der Waals surface area (Å²) in [6.45, 7) is 6.18. The van der Waals surface area contributed by atoms with Crippen LogP contribution in [0.25, 0.3) is 11.3 Å². The number of non-ortho nitro benzene ring substituents is 1. The monoisotopic (exact) mass is 472 g/mol. The molecule has 8 nitrogen and oxygen atoms in total. The highest BCUT2D eigenvalue weighted by Gasteiger charge is 2.11. The van der Waals surface area contributed by atoms with Crippen molar-refractivity contribution in [2.75, 3.05) is 18.0 Å². The Bertz CT molecular complexity index is 1340. The summed E-state index contributed by atoms with van der Waals surface area (Å²) in [6, 6.07) is 18.4. The number of nitro groups is 1. The molecular weight excluding hydrogens is 448 g/mol. The SMILES string of the molecule is CCN(CC)c1ccc(C=Nn2c(-c3ccc([N+](=O)[O-])cc3)csc2=Nc2cccnc2)cc1. The van der Waals surface area contributed by atoms with Gasteiger partial charge in [0, 0.05) is 48.0 Å². The minimum atomic E-state index is -0.408. The quantitative estimate of drug-likeness (QED) is 0.193. The van der Waals surface area contributed by atoms with E-state index in [1.54, 1.807) is 35.4 Å². The van der Waals surface area contributed by atoms with E-state index in [9.17, 15) is 10.1 Å². The van der Waals surface area contributed by atoms with Gasteiger partial charge in [-0.05, 0) is 55.8 Å². The number of hydrogen-bond donors (Lipinski definition) is 0. The zero-order valence-electron chi connectivity index (χ0n) is 18.9. The van der Waals surface area contributed by atoms with E-state index in [-0.39, 0.29) is 5.69 Å². The van der Waals surface area contributed by atoms with Gasteiger partial charge in [0.1, 0.15) is 0 Å². The van der Waals surface area contributed by atoms with Crippen molar-refractivity contribution in [3.8, 4) is 11.3 Å². The first-order valence-corrected chi connectivity index (χ1v) is 11.8. The Labute approximate surface area is 201 Å². The molecule has 2 heterocycles. The molecule has 0 atom stereocenters. The predicted molar refractivity (Wildman–Crippen MR) is 137 cm³/mol. The molecule has 0 aliphatic carbocycles. The summed E-state index contributed by atoms with van der Waals surface area (Å²) in [4.78, 5) is 22.4. The van der Waals surface area contributed by atoms with Gasteiger partial charge in [0.25, 0.3) is 5.69 Å². The Balaban J connectivity index is 1.74. The lowest BCUT2D eigenvalue weighted by Gasteiger charge is -2.20. The van der Waals surface area contributed by atoms with Crippen molar-refractivity contribution >= 4 is 34.6 Å². The van der Waals surface area contributed by atoms with Gasteiger partial charge in [0.15, 0.2) is 0 Å². The third-order valence-electron chi connectivity index (χ3n) is 5.27. The molecule has 0 unspecified atom stereocenters. The van der Waals surface area contributed by atoms with E-state index in [0.29, 0.717) is 10.5 Å². The molecule has 4 rings (SSSR count). The molecule has 34 heavy (non-hydrogen) atoms. The molecular formula is C25H24N6O2S. The summed E-state index contributed by atoms with van der Waals surface area (Å²) in [5.74, 6) is 0. The minimum absolute atomic E-state index is 0.0441. The third-order valence-corrected chi connectivity index (χ3v) is 6.09. The van der Waals surface area contributed by atoms with Crippen LogP contribution in [0.1, 0.15) is 19.4 Å². The fraction of sp³-hybridized carbons (Fsp3) is 0.160. The van der Waals surface area contributed by atoms with E-state index in [0.717, 1.165) is 29.9 Å². The largest absolute Gasteiger partial charge is 0.372 e. The third kappa shape index (κ3) is 5.26. The molecule has 0 aliphatic heterocycles. The van der Waals surface area contributed by atoms with Crippen LogP contribution in [-0.4, -0.2) is 33.9 Å². The Hall–Kier alpha value is -4.11. The van der Waals surface area contributed by atoms with Crippen LogP contribution in [0.5, 0.6) is 0 Å². The maximum absolute atomic E-state index is 11.0. The lowest BCUT2D eigenvalue weighted by atomic mass is 10.1. The Morgan fingerprint density at radius 2 is 1.82 bits per heavy atom. The molecule has 0 saturated heterocycles. The van der Waals surface area contributed by atoms with Gasteiger partial charge in [0.2, 0.25) is 4.80 Å². The standard InChI is InChI=1S/C25H24N6O2S/c1-3-29(4-2)22-11-7-19(8-12-22)16-27-30-24(20-9-13-23(14-10-20)31(32)33)18-34-25(30)28-21-6-5-15-26-17-21/h5-18H,3-4H2,1-2H3. The Kier molecular flexibility index (Phi) is 7.24. The first-order valence-electron chi connectivity index (χ1n) is 10.9. The average molecular weight is 473 g/mol. The van der Waals surface area contributed by atoms with E-state index in [1.165, 1.54) is 29.2 Å². The second-order valence-corrected chi connectivity index (χ2v) is 8.19. The highest BCUT2D eigenvalue weighted by Crippen LogP contribution is 2.24. The van der Waals surface area contributed by atoms with Crippen LogP contribution in [0, 0.1) is 10.1 Å². The normalized spacial score (nSPS) is 11.8. The number of thiazole rings is 1. The second kappa shape index (κ2) is 10.7. The van der Waals surface area contributed by atoms with Crippen LogP contribution in [0.4, 0.5) is 17.1 Å². The summed E-state index contributed by atoms with van der Waals surface area (Å²) in [5, 5.41) is 17.7. The molecule has 2 aromatic heterocycles. The Morgan fingerprint density at radius 1 is 1.09 bits per heavy atom. The topological polar surface area (TPSA) is 88.9 Å². The predicted octanol–water partition coefficient (Wildman–Crippen LogP) is 5.48. The van der Waals surface area contributed by atoms with Crippen LogP contribution in [-0.2, 0) is 0 Å². The van der Waals surface area contributed by atoms with E-state index < -0.39 is 4.92 Å². The summed E-state index contributed by atoms with van der Waals surface area (Å²) in [7, 11) is 0. The molecule has 9 heteroatoms.